The monoisotopic (exact) mass is 320 g/mol. The molecule has 5 heteroatoms. The quantitative estimate of drug-likeness (QED) is 0.667. The molecule has 2 N–H and O–H groups in total. The zero-order valence-corrected chi connectivity index (χ0v) is 13.5. The molecule has 0 atom stereocenters. The number of benzene rings is 1. The molecule has 1 heterocycles. The Kier molecular flexibility index (Phi) is 5.07. The summed E-state index contributed by atoms with van der Waals surface area (Å²) in [6, 6.07) is 11.8. The lowest BCUT2D eigenvalue weighted by molar-refractivity contribution is -0.118. The van der Waals surface area contributed by atoms with Crippen molar-refractivity contribution in [3.63, 3.8) is 0 Å². The van der Waals surface area contributed by atoms with Crippen LogP contribution in [0.5, 0.6) is 0 Å². The highest BCUT2D eigenvalue weighted by atomic mass is 16.1. The first-order valence-electron chi connectivity index (χ1n) is 8.29. The van der Waals surface area contributed by atoms with E-state index in [4.69, 9.17) is 0 Å². The zero-order chi connectivity index (χ0) is 16.8. The molecule has 1 saturated carbocycles. The van der Waals surface area contributed by atoms with Gasteiger partial charge in [-0.05, 0) is 25.0 Å². The van der Waals surface area contributed by atoms with E-state index in [2.05, 4.69) is 15.6 Å². The van der Waals surface area contributed by atoms with Crippen LogP contribution in [0.15, 0.2) is 48.3 Å². The molecule has 1 fully saturated rings. The van der Waals surface area contributed by atoms with Gasteiger partial charge in [0.1, 0.15) is 11.6 Å². The van der Waals surface area contributed by atoms with Gasteiger partial charge in [-0.3, -0.25) is 9.78 Å². The van der Waals surface area contributed by atoms with E-state index >= 15 is 0 Å². The van der Waals surface area contributed by atoms with Crippen LogP contribution < -0.4 is 10.6 Å². The molecule has 0 unspecified atom stereocenters. The highest BCUT2D eigenvalue weighted by molar-refractivity contribution is 5.98. The minimum Gasteiger partial charge on any atom is -0.358 e. The van der Waals surface area contributed by atoms with Crippen molar-refractivity contribution in [2.24, 2.45) is 0 Å². The molecule has 0 spiro atoms. The molecule has 1 aromatic heterocycles. The molecule has 1 aliphatic carbocycles. The van der Waals surface area contributed by atoms with Crippen molar-refractivity contribution in [2.45, 2.75) is 38.1 Å². The van der Waals surface area contributed by atoms with Crippen LogP contribution in [0.3, 0.4) is 0 Å². The number of para-hydroxylation sites is 1. The van der Waals surface area contributed by atoms with Crippen molar-refractivity contribution in [1.82, 2.24) is 10.3 Å². The van der Waals surface area contributed by atoms with Gasteiger partial charge in [0.05, 0.1) is 11.2 Å². The van der Waals surface area contributed by atoms with Crippen LogP contribution in [0.25, 0.3) is 10.9 Å². The summed E-state index contributed by atoms with van der Waals surface area (Å²) >= 11 is 0. The Balaban J connectivity index is 1.73. The molecule has 0 bridgehead atoms. The number of pyridine rings is 1. The molecular formula is C19H20N4O. The molecule has 1 amide bonds. The predicted molar refractivity (Wildman–Crippen MR) is 94.1 cm³/mol. The molecule has 0 aliphatic heterocycles. The van der Waals surface area contributed by atoms with Crippen molar-refractivity contribution in [3.05, 3.63) is 48.3 Å². The van der Waals surface area contributed by atoms with Crippen LogP contribution in [0.4, 0.5) is 5.69 Å². The first-order valence-corrected chi connectivity index (χ1v) is 8.29. The predicted octanol–water partition coefficient (Wildman–Crippen LogP) is 3.50. The zero-order valence-electron chi connectivity index (χ0n) is 13.5. The maximum Gasteiger partial charge on any atom is 0.263 e. The molecular weight excluding hydrogens is 300 g/mol. The maximum atomic E-state index is 12.3. The van der Waals surface area contributed by atoms with Crippen LogP contribution in [0.2, 0.25) is 0 Å². The Morgan fingerprint density at radius 1 is 1.21 bits per heavy atom. The van der Waals surface area contributed by atoms with Gasteiger partial charge in [0.25, 0.3) is 5.91 Å². The van der Waals surface area contributed by atoms with Crippen LogP contribution in [0, 0.1) is 11.3 Å². The molecule has 1 aromatic carbocycles. The van der Waals surface area contributed by atoms with E-state index in [0.717, 1.165) is 42.3 Å². The number of amides is 1. The summed E-state index contributed by atoms with van der Waals surface area (Å²) in [5.41, 5.74) is 1.65. The third-order valence-corrected chi connectivity index (χ3v) is 4.31. The number of hydrogen-bond acceptors (Lipinski definition) is 4. The van der Waals surface area contributed by atoms with E-state index in [9.17, 15) is 10.1 Å². The number of carbonyl (C=O) groups is 1. The second-order valence-corrected chi connectivity index (χ2v) is 6.00. The van der Waals surface area contributed by atoms with Crippen molar-refractivity contribution >= 4 is 22.5 Å². The first kappa shape index (κ1) is 16.0. The van der Waals surface area contributed by atoms with E-state index in [-0.39, 0.29) is 17.5 Å². The lowest BCUT2D eigenvalue weighted by Crippen LogP contribution is -2.37. The summed E-state index contributed by atoms with van der Waals surface area (Å²) in [6.45, 7) is 0. The number of hydrogen-bond donors (Lipinski definition) is 2. The fourth-order valence-corrected chi connectivity index (χ4v) is 3.03. The van der Waals surface area contributed by atoms with Gasteiger partial charge in [-0.1, -0.05) is 37.5 Å². The SMILES string of the molecule is N#C/C(=C/Nc1cccc2cccnc12)C(=O)NC1CCCCC1. The number of nitrogens with zero attached hydrogens (tertiary/aromatic N) is 2. The Morgan fingerprint density at radius 2 is 2.00 bits per heavy atom. The number of aromatic nitrogens is 1. The molecule has 1 aliphatic rings. The number of fused-ring (bicyclic) bond motifs is 1. The molecule has 0 radical (unpaired) electrons. The number of carbonyl (C=O) groups excluding carboxylic acids is 1. The minimum atomic E-state index is -0.315. The second kappa shape index (κ2) is 7.60. The van der Waals surface area contributed by atoms with E-state index in [0.29, 0.717) is 0 Å². The summed E-state index contributed by atoms with van der Waals surface area (Å²) < 4.78 is 0. The average molecular weight is 320 g/mol. The van der Waals surface area contributed by atoms with Gasteiger partial charge < -0.3 is 10.6 Å². The number of rotatable bonds is 4. The van der Waals surface area contributed by atoms with E-state index in [1.807, 2.05) is 36.4 Å². The first-order chi connectivity index (χ1) is 11.8. The third kappa shape index (κ3) is 3.72. The lowest BCUT2D eigenvalue weighted by atomic mass is 9.95. The Labute approximate surface area is 141 Å². The summed E-state index contributed by atoms with van der Waals surface area (Å²) in [6.07, 6.45) is 8.66. The van der Waals surface area contributed by atoms with E-state index < -0.39 is 0 Å². The van der Waals surface area contributed by atoms with Crippen LogP contribution in [-0.2, 0) is 4.79 Å². The number of anilines is 1. The van der Waals surface area contributed by atoms with Gasteiger partial charge in [-0.15, -0.1) is 0 Å². The van der Waals surface area contributed by atoms with Gasteiger partial charge >= 0.3 is 0 Å². The molecule has 24 heavy (non-hydrogen) atoms. The van der Waals surface area contributed by atoms with Gasteiger partial charge in [-0.25, -0.2) is 0 Å². The smallest absolute Gasteiger partial charge is 0.263 e. The average Bonchev–Trinajstić information content (AvgIpc) is 2.63. The Bertz CT molecular complexity index is 795. The van der Waals surface area contributed by atoms with E-state index in [1.54, 1.807) is 6.20 Å². The summed E-state index contributed by atoms with van der Waals surface area (Å²) in [4.78, 5) is 16.6. The van der Waals surface area contributed by atoms with Gasteiger partial charge in [0.2, 0.25) is 0 Å². The Hall–Kier alpha value is -2.87. The van der Waals surface area contributed by atoms with Crippen molar-refractivity contribution in [1.29, 1.82) is 5.26 Å². The highest BCUT2D eigenvalue weighted by Crippen LogP contribution is 2.21. The lowest BCUT2D eigenvalue weighted by Gasteiger charge is -2.22. The minimum absolute atomic E-state index is 0.0773. The van der Waals surface area contributed by atoms with Gasteiger partial charge in [0.15, 0.2) is 0 Å². The van der Waals surface area contributed by atoms with Crippen molar-refractivity contribution in [2.75, 3.05) is 5.32 Å². The molecule has 5 nitrogen and oxygen atoms in total. The van der Waals surface area contributed by atoms with Crippen LogP contribution >= 0.6 is 0 Å². The fourth-order valence-electron chi connectivity index (χ4n) is 3.03. The Morgan fingerprint density at radius 3 is 2.79 bits per heavy atom. The van der Waals surface area contributed by atoms with Gasteiger partial charge in [-0.2, -0.15) is 5.26 Å². The molecule has 2 aromatic rings. The molecule has 0 saturated heterocycles. The molecule has 3 rings (SSSR count). The normalized spacial score (nSPS) is 15.7. The standard InChI is InChI=1S/C19H20N4O/c20-12-15(19(24)23-16-8-2-1-3-9-16)13-22-17-10-4-6-14-7-5-11-21-18(14)17/h4-7,10-11,13,16,22H,1-3,8-9H2,(H,23,24)/b15-13-. The highest BCUT2D eigenvalue weighted by Gasteiger charge is 2.18. The van der Waals surface area contributed by atoms with Crippen molar-refractivity contribution < 1.29 is 4.79 Å². The summed E-state index contributed by atoms with van der Waals surface area (Å²) in [5.74, 6) is -0.315. The maximum absolute atomic E-state index is 12.3. The number of nitriles is 1. The van der Waals surface area contributed by atoms with Crippen molar-refractivity contribution in [3.8, 4) is 6.07 Å². The topological polar surface area (TPSA) is 77.8 Å². The fraction of sp³-hybridized carbons (Fsp3) is 0.316. The second-order valence-electron chi connectivity index (χ2n) is 6.00. The molecule has 122 valence electrons. The van der Waals surface area contributed by atoms with Crippen LogP contribution in [-0.4, -0.2) is 16.9 Å². The largest absolute Gasteiger partial charge is 0.358 e. The van der Waals surface area contributed by atoms with Crippen LogP contribution in [0.1, 0.15) is 32.1 Å². The van der Waals surface area contributed by atoms with Gasteiger partial charge in [0, 0.05) is 23.8 Å². The van der Waals surface area contributed by atoms with E-state index in [1.165, 1.54) is 12.6 Å². The third-order valence-electron chi connectivity index (χ3n) is 4.31. The summed E-state index contributed by atoms with van der Waals surface area (Å²) in [7, 11) is 0. The summed E-state index contributed by atoms with van der Waals surface area (Å²) in [5, 5.41) is 16.3. The number of nitrogens with one attached hydrogen (secondary N) is 2.